The van der Waals surface area contributed by atoms with E-state index in [0.29, 0.717) is 11.1 Å². The van der Waals surface area contributed by atoms with E-state index >= 15 is 0 Å². The number of nitrogens with zero attached hydrogens (tertiary/aromatic N) is 3. The van der Waals surface area contributed by atoms with Crippen molar-refractivity contribution in [2.45, 2.75) is 0 Å². The van der Waals surface area contributed by atoms with Gasteiger partial charge in [-0.1, -0.05) is 17.2 Å². The normalized spacial score (nSPS) is 12.7. The smallest absolute Gasteiger partial charge is 0.336 e. The van der Waals surface area contributed by atoms with Crippen molar-refractivity contribution in [2.75, 3.05) is 0 Å². The van der Waals surface area contributed by atoms with Crippen LogP contribution in [0, 0.1) is 20.2 Å². The van der Waals surface area contributed by atoms with Gasteiger partial charge in [0.05, 0.1) is 32.6 Å². The van der Waals surface area contributed by atoms with Gasteiger partial charge in [-0.25, -0.2) is 4.79 Å². The first-order valence-electron chi connectivity index (χ1n) is 8.49. The molecule has 4 rings (SSSR count). The number of nitro groups is 2. The van der Waals surface area contributed by atoms with Crippen molar-refractivity contribution in [1.29, 1.82) is 0 Å². The molecule has 1 N–H and O–H groups in total. The molecule has 0 fully saturated rings. The predicted octanol–water partition coefficient (Wildman–Crippen LogP) is 2.94. The number of non-ortho nitro benzene ring substituents is 1. The molecule has 0 atom stereocenters. The van der Waals surface area contributed by atoms with Crippen molar-refractivity contribution < 1.29 is 34.2 Å². The molecule has 0 aromatic heterocycles. The van der Waals surface area contributed by atoms with Gasteiger partial charge < -0.3 is 9.94 Å². The summed E-state index contributed by atoms with van der Waals surface area (Å²) in [7, 11) is 0. The van der Waals surface area contributed by atoms with E-state index in [1.807, 2.05) is 0 Å². The highest BCUT2D eigenvalue weighted by Crippen LogP contribution is 2.36. The quantitative estimate of drug-likeness (QED) is 0.368. The van der Waals surface area contributed by atoms with Crippen LogP contribution in [0.25, 0.3) is 10.8 Å². The minimum Gasteiger partial charge on any atom is -0.478 e. The molecule has 3 aromatic rings. The van der Waals surface area contributed by atoms with Gasteiger partial charge in [0.2, 0.25) is 5.75 Å². The third-order valence-electron chi connectivity index (χ3n) is 4.64. The number of rotatable bonds is 5. The standard InChI is InChI=1S/C19H9N3O9/c23-17-12-3-1-2-10-11(19(25)26)5-6-13(16(10)12)18(24)20(17)31-15-7-4-9(21(27)28)8-14(15)22(29)30/h1-8H,(H,25,26). The Hall–Kier alpha value is -4.87. The van der Waals surface area contributed by atoms with E-state index in [9.17, 15) is 39.7 Å². The molecule has 2 amide bonds. The summed E-state index contributed by atoms with van der Waals surface area (Å²) in [5, 5.41) is 32.1. The monoisotopic (exact) mass is 423 g/mol. The molecule has 0 saturated heterocycles. The lowest BCUT2D eigenvalue weighted by Gasteiger charge is -2.26. The first-order chi connectivity index (χ1) is 14.7. The molecule has 0 bridgehead atoms. The fourth-order valence-corrected chi connectivity index (χ4v) is 3.28. The molecule has 12 heteroatoms. The highest BCUT2D eigenvalue weighted by molar-refractivity contribution is 6.26. The Morgan fingerprint density at radius 1 is 0.935 bits per heavy atom. The molecule has 1 aliphatic rings. The Morgan fingerprint density at radius 3 is 2.23 bits per heavy atom. The molecule has 0 aliphatic carbocycles. The number of carbonyl (C=O) groups is 3. The minimum absolute atomic E-state index is 0.0419. The number of benzene rings is 3. The van der Waals surface area contributed by atoms with Crippen molar-refractivity contribution in [3.8, 4) is 5.75 Å². The molecule has 3 aromatic carbocycles. The van der Waals surface area contributed by atoms with Gasteiger partial charge in [0.25, 0.3) is 17.5 Å². The van der Waals surface area contributed by atoms with E-state index < -0.39 is 44.8 Å². The van der Waals surface area contributed by atoms with Crippen LogP contribution in [0.1, 0.15) is 31.1 Å². The SMILES string of the molecule is O=C(O)c1ccc2c3c(cccc13)C(=O)N(Oc1ccc([N+](=O)[O-])cc1[N+](=O)[O-])C2=O. The third-order valence-corrected chi connectivity index (χ3v) is 4.64. The number of carbonyl (C=O) groups excluding carboxylic acids is 2. The number of amides is 2. The van der Waals surface area contributed by atoms with Gasteiger partial charge in [-0.2, -0.15) is 0 Å². The van der Waals surface area contributed by atoms with Gasteiger partial charge in [-0.3, -0.25) is 29.8 Å². The lowest BCUT2D eigenvalue weighted by molar-refractivity contribution is -0.395. The molecule has 0 saturated carbocycles. The molecule has 0 radical (unpaired) electrons. The van der Waals surface area contributed by atoms with Crippen LogP contribution in [-0.4, -0.2) is 37.8 Å². The molecular weight excluding hydrogens is 414 g/mol. The zero-order chi connectivity index (χ0) is 22.4. The van der Waals surface area contributed by atoms with Crippen LogP contribution in [0.5, 0.6) is 5.75 Å². The minimum atomic E-state index is -1.25. The molecule has 12 nitrogen and oxygen atoms in total. The number of hydroxylamine groups is 2. The van der Waals surface area contributed by atoms with E-state index in [1.54, 1.807) is 0 Å². The number of imide groups is 1. The summed E-state index contributed by atoms with van der Waals surface area (Å²) in [4.78, 5) is 62.9. The average Bonchev–Trinajstić information content (AvgIpc) is 2.74. The number of carboxylic acids is 1. The fourth-order valence-electron chi connectivity index (χ4n) is 3.28. The predicted molar refractivity (Wildman–Crippen MR) is 102 cm³/mol. The Kier molecular flexibility index (Phi) is 4.31. The summed E-state index contributed by atoms with van der Waals surface area (Å²) in [5.74, 6) is -3.75. The maximum absolute atomic E-state index is 12.9. The second-order valence-electron chi connectivity index (χ2n) is 6.36. The Morgan fingerprint density at radius 2 is 1.61 bits per heavy atom. The average molecular weight is 423 g/mol. The van der Waals surface area contributed by atoms with E-state index in [2.05, 4.69) is 0 Å². The van der Waals surface area contributed by atoms with Crippen LogP contribution < -0.4 is 4.84 Å². The lowest BCUT2D eigenvalue weighted by atomic mass is 9.92. The maximum Gasteiger partial charge on any atom is 0.336 e. The largest absolute Gasteiger partial charge is 0.478 e. The Bertz CT molecular complexity index is 1330. The van der Waals surface area contributed by atoms with E-state index in [0.717, 1.165) is 12.1 Å². The van der Waals surface area contributed by atoms with Crippen LogP contribution >= 0.6 is 0 Å². The van der Waals surface area contributed by atoms with E-state index in [4.69, 9.17) is 4.84 Å². The van der Waals surface area contributed by atoms with Crippen LogP contribution in [0.3, 0.4) is 0 Å². The summed E-state index contributed by atoms with van der Waals surface area (Å²) in [6.07, 6.45) is 0. The summed E-state index contributed by atoms with van der Waals surface area (Å²) in [6.45, 7) is 0. The van der Waals surface area contributed by atoms with Crippen LogP contribution in [0.15, 0.2) is 48.5 Å². The molecule has 1 heterocycles. The number of hydrogen-bond donors (Lipinski definition) is 1. The Labute approximate surface area is 171 Å². The van der Waals surface area contributed by atoms with Crippen LogP contribution in [0.2, 0.25) is 0 Å². The third kappa shape index (κ3) is 2.98. The van der Waals surface area contributed by atoms with Crippen LogP contribution in [0.4, 0.5) is 11.4 Å². The van der Waals surface area contributed by atoms with Gasteiger partial charge in [0, 0.05) is 11.5 Å². The van der Waals surface area contributed by atoms with Gasteiger partial charge in [-0.05, 0) is 29.7 Å². The van der Waals surface area contributed by atoms with Crippen LogP contribution in [-0.2, 0) is 0 Å². The second-order valence-corrected chi connectivity index (χ2v) is 6.36. The van der Waals surface area contributed by atoms with Crippen molar-refractivity contribution in [3.63, 3.8) is 0 Å². The van der Waals surface area contributed by atoms with Crippen molar-refractivity contribution in [2.24, 2.45) is 0 Å². The molecule has 0 unspecified atom stereocenters. The zero-order valence-electron chi connectivity index (χ0n) is 15.2. The first kappa shape index (κ1) is 19.4. The lowest BCUT2D eigenvalue weighted by Crippen LogP contribution is -2.42. The second kappa shape index (κ2) is 6.88. The number of aromatic carboxylic acids is 1. The fraction of sp³-hybridized carbons (Fsp3) is 0. The van der Waals surface area contributed by atoms with Crippen molar-refractivity contribution in [1.82, 2.24) is 5.06 Å². The Balaban J connectivity index is 1.83. The van der Waals surface area contributed by atoms with Gasteiger partial charge in [-0.15, -0.1) is 0 Å². The molecule has 1 aliphatic heterocycles. The molecule has 0 spiro atoms. The highest BCUT2D eigenvalue weighted by Gasteiger charge is 2.37. The van der Waals surface area contributed by atoms with Gasteiger partial charge in [0.15, 0.2) is 0 Å². The highest BCUT2D eigenvalue weighted by atomic mass is 16.7. The van der Waals surface area contributed by atoms with Gasteiger partial charge in [0.1, 0.15) is 0 Å². The zero-order valence-corrected chi connectivity index (χ0v) is 15.2. The number of carboxylic acid groups (broad SMARTS) is 1. The summed E-state index contributed by atoms with van der Waals surface area (Å²) < 4.78 is 0. The molecule has 154 valence electrons. The summed E-state index contributed by atoms with van der Waals surface area (Å²) >= 11 is 0. The maximum atomic E-state index is 12.9. The first-order valence-corrected chi connectivity index (χ1v) is 8.49. The van der Waals surface area contributed by atoms with Crippen molar-refractivity contribution in [3.05, 3.63) is 85.4 Å². The number of hydrogen-bond acceptors (Lipinski definition) is 8. The van der Waals surface area contributed by atoms with Gasteiger partial charge >= 0.3 is 11.7 Å². The summed E-state index contributed by atoms with van der Waals surface area (Å²) in [6, 6.07) is 9.11. The summed E-state index contributed by atoms with van der Waals surface area (Å²) in [5.41, 5.74) is -1.59. The molecule has 31 heavy (non-hydrogen) atoms. The van der Waals surface area contributed by atoms with Crippen molar-refractivity contribution >= 4 is 39.9 Å². The topological polar surface area (TPSA) is 170 Å². The van der Waals surface area contributed by atoms with E-state index in [1.165, 1.54) is 30.3 Å². The molecular formula is C19H9N3O9. The van der Waals surface area contributed by atoms with E-state index in [-0.39, 0.29) is 27.5 Å². The number of nitro benzene ring substituents is 2.